The van der Waals surface area contributed by atoms with Gasteiger partial charge in [-0.3, -0.25) is 9.59 Å². The molecule has 1 atom stereocenters. The van der Waals surface area contributed by atoms with Gasteiger partial charge >= 0.3 is 0 Å². The Bertz CT molecular complexity index is 1710. The van der Waals surface area contributed by atoms with Crippen molar-refractivity contribution in [3.05, 3.63) is 105 Å². The molecular weight excluding hydrogens is 468 g/mol. The Labute approximate surface area is 201 Å². The normalized spacial score (nSPS) is 16.8. The van der Waals surface area contributed by atoms with Gasteiger partial charge in [0.2, 0.25) is 5.91 Å². The van der Waals surface area contributed by atoms with Gasteiger partial charge in [0, 0.05) is 6.42 Å². The van der Waals surface area contributed by atoms with E-state index < -0.39 is 22.7 Å². The number of fused-ring (bicyclic) bond motifs is 2. The molecule has 0 bridgehead atoms. The Morgan fingerprint density at radius 2 is 1.67 bits per heavy atom. The zero-order valence-corrected chi connectivity index (χ0v) is 18.8. The number of carbonyl (C=O) groups is 1. The quantitative estimate of drug-likeness (QED) is 0.404. The predicted octanol–water partition coefficient (Wildman–Crippen LogP) is 3.00. The van der Waals surface area contributed by atoms with Crippen molar-refractivity contribution in [1.82, 2.24) is 29.5 Å². The number of nitrogens with zero attached hydrogens (tertiary/aromatic N) is 5. The number of benzene rings is 2. The zero-order chi connectivity index (χ0) is 25.0. The number of nitrogens with one attached hydrogen (secondary N) is 2. The third-order valence-electron chi connectivity index (χ3n) is 6.39. The average molecular weight is 485 g/mol. The molecule has 0 spiro atoms. The lowest BCUT2D eigenvalue weighted by molar-refractivity contribution is -0.119. The second kappa shape index (κ2) is 7.87. The number of H-pyrrole nitrogens is 1. The number of amides is 1. The standard InChI is InChI=1S/C25H17F2N7O2/c1-25(14-4-8-16(27)9-5-14)19-21(33-24(25)36)31-20(32-23(19)35)18-11-34-22(28-12-29-34)17(30-18)10-13-2-6-15(26)7-3-13/h2-9,11-12H,10H2,1H3,(H2,31,32,33,35,36)/t25-/m0/s1. The fourth-order valence-electron chi connectivity index (χ4n) is 4.47. The number of hydrogen-bond acceptors (Lipinski definition) is 6. The second-order valence-corrected chi connectivity index (χ2v) is 8.63. The van der Waals surface area contributed by atoms with Gasteiger partial charge in [0.15, 0.2) is 11.5 Å². The first-order valence-corrected chi connectivity index (χ1v) is 11.0. The maximum Gasteiger partial charge on any atom is 0.257 e. The maximum absolute atomic E-state index is 13.5. The van der Waals surface area contributed by atoms with E-state index >= 15 is 0 Å². The third kappa shape index (κ3) is 3.35. The Morgan fingerprint density at radius 3 is 2.39 bits per heavy atom. The molecule has 4 heterocycles. The first kappa shape index (κ1) is 21.7. The van der Waals surface area contributed by atoms with E-state index in [2.05, 4.69) is 30.4 Å². The van der Waals surface area contributed by atoms with E-state index in [9.17, 15) is 18.4 Å². The number of aromatic amines is 1. The lowest BCUT2D eigenvalue weighted by Gasteiger charge is -2.21. The van der Waals surface area contributed by atoms with Crippen LogP contribution in [-0.4, -0.2) is 35.5 Å². The highest BCUT2D eigenvalue weighted by Gasteiger charge is 2.47. The molecule has 1 aliphatic heterocycles. The molecule has 0 saturated carbocycles. The van der Waals surface area contributed by atoms with Crippen LogP contribution in [0.1, 0.15) is 29.3 Å². The van der Waals surface area contributed by atoms with Crippen molar-refractivity contribution < 1.29 is 13.6 Å². The van der Waals surface area contributed by atoms with Crippen molar-refractivity contribution >= 4 is 17.4 Å². The summed E-state index contributed by atoms with van der Waals surface area (Å²) in [4.78, 5) is 42.4. The van der Waals surface area contributed by atoms with Crippen molar-refractivity contribution in [3.63, 3.8) is 0 Å². The van der Waals surface area contributed by atoms with E-state index in [4.69, 9.17) is 0 Å². The van der Waals surface area contributed by atoms with Crippen LogP contribution < -0.4 is 10.9 Å². The highest BCUT2D eigenvalue weighted by Crippen LogP contribution is 2.40. The van der Waals surface area contributed by atoms with Crippen LogP contribution in [0.15, 0.2) is 65.8 Å². The molecule has 9 nitrogen and oxygen atoms in total. The van der Waals surface area contributed by atoms with Gasteiger partial charge in [-0.1, -0.05) is 24.3 Å². The summed E-state index contributed by atoms with van der Waals surface area (Å²) in [5.41, 5.74) is 0.877. The van der Waals surface area contributed by atoms with Crippen LogP contribution in [0.4, 0.5) is 14.6 Å². The number of hydrogen-bond donors (Lipinski definition) is 2. The van der Waals surface area contributed by atoms with E-state index in [-0.39, 0.29) is 23.0 Å². The SMILES string of the molecule is C[C@@]1(c2ccc(F)cc2)C(=O)Nc2nc(-c3cn4ncnc4c(Cc4ccc(F)cc4)n3)[nH]c(=O)c21. The summed E-state index contributed by atoms with van der Waals surface area (Å²) < 4.78 is 28.3. The van der Waals surface area contributed by atoms with Crippen molar-refractivity contribution in [2.75, 3.05) is 5.32 Å². The second-order valence-electron chi connectivity index (χ2n) is 8.63. The Kier molecular flexibility index (Phi) is 4.75. The lowest BCUT2D eigenvalue weighted by Crippen LogP contribution is -2.36. The minimum Gasteiger partial charge on any atom is -0.309 e. The number of halogens is 2. The molecule has 0 unspecified atom stereocenters. The molecule has 11 heteroatoms. The molecule has 0 aliphatic carbocycles. The molecule has 3 aromatic heterocycles. The van der Waals surface area contributed by atoms with Crippen LogP contribution in [0.2, 0.25) is 0 Å². The summed E-state index contributed by atoms with van der Waals surface area (Å²) in [5.74, 6) is -1.01. The molecule has 2 N–H and O–H groups in total. The van der Waals surface area contributed by atoms with Crippen LogP contribution >= 0.6 is 0 Å². The third-order valence-corrected chi connectivity index (χ3v) is 6.39. The minimum atomic E-state index is -1.35. The molecule has 0 radical (unpaired) electrons. The van der Waals surface area contributed by atoms with Crippen molar-refractivity contribution in [2.24, 2.45) is 0 Å². The number of aromatic nitrogens is 6. The maximum atomic E-state index is 13.5. The van der Waals surface area contributed by atoms with Gasteiger partial charge < -0.3 is 10.3 Å². The summed E-state index contributed by atoms with van der Waals surface area (Å²) in [5, 5.41) is 6.87. The van der Waals surface area contributed by atoms with E-state index in [0.29, 0.717) is 29.0 Å². The average Bonchev–Trinajstić information content (AvgIpc) is 3.44. The van der Waals surface area contributed by atoms with Gasteiger partial charge in [-0.05, 0) is 42.3 Å². The Morgan fingerprint density at radius 1 is 0.972 bits per heavy atom. The largest absolute Gasteiger partial charge is 0.309 e. The van der Waals surface area contributed by atoms with E-state index in [1.54, 1.807) is 25.3 Å². The van der Waals surface area contributed by atoms with Crippen LogP contribution in [0.5, 0.6) is 0 Å². The van der Waals surface area contributed by atoms with E-state index in [0.717, 1.165) is 5.56 Å². The summed E-state index contributed by atoms with van der Waals surface area (Å²) in [6.45, 7) is 1.60. The molecule has 2 aromatic carbocycles. The summed E-state index contributed by atoms with van der Waals surface area (Å²) in [6.07, 6.45) is 3.28. The fourth-order valence-corrected chi connectivity index (χ4v) is 4.47. The zero-order valence-electron chi connectivity index (χ0n) is 18.8. The van der Waals surface area contributed by atoms with Gasteiger partial charge in [0.05, 0.1) is 17.5 Å². The van der Waals surface area contributed by atoms with Crippen molar-refractivity contribution in [2.45, 2.75) is 18.8 Å². The first-order valence-electron chi connectivity index (χ1n) is 11.0. The molecular formula is C25H17F2N7O2. The van der Waals surface area contributed by atoms with Gasteiger partial charge in [0.25, 0.3) is 5.56 Å². The van der Waals surface area contributed by atoms with E-state index in [1.807, 2.05) is 0 Å². The van der Waals surface area contributed by atoms with Crippen molar-refractivity contribution in [1.29, 1.82) is 0 Å². The Hall–Kier alpha value is -4.80. The van der Waals surface area contributed by atoms with Crippen LogP contribution in [0.3, 0.4) is 0 Å². The molecule has 0 saturated heterocycles. The monoisotopic (exact) mass is 485 g/mol. The summed E-state index contributed by atoms with van der Waals surface area (Å²) >= 11 is 0. The number of rotatable bonds is 4. The van der Waals surface area contributed by atoms with Crippen molar-refractivity contribution in [3.8, 4) is 11.5 Å². The van der Waals surface area contributed by atoms with Crippen LogP contribution in [-0.2, 0) is 16.6 Å². The van der Waals surface area contributed by atoms with Gasteiger partial charge in [-0.15, -0.1) is 0 Å². The molecule has 1 amide bonds. The van der Waals surface area contributed by atoms with Gasteiger partial charge in [-0.2, -0.15) is 5.10 Å². The lowest BCUT2D eigenvalue weighted by atomic mass is 9.78. The molecule has 0 fully saturated rings. The fraction of sp³-hybridized carbons (Fsp3) is 0.120. The first-order chi connectivity index (χ1) is 17.3. The summed E-state index contributed by atoms with van der Waals surface area (Å²) in [6, 6.07) is 11.4. The number of anilines is 1. The van der Waals surface area contributed by atoms with E-state index in [1.165, 1.54) is 47.2 Å². The molecule has 36 heavy (non-hydrogen) atoms. The molecule has 1 aliphatic rings. The predicted molar refractivity (Wildman–Crippen MR) is 125 cm³/mol. The highest BCUT2D eigenvalue weighted by molar-refractivity contribution is 6.07. The molecule has 178 valence electrons. The Balaban J connectivity index is 1.46. The summed E-state index contributed by atoms with van der Waals surface area (Å²) in [7, 11) is 0. The molecule has 5 aromatic rings. The van der Waals surface area contributed by atoms with Gasteiger partial charge in [-0.25, -0.2) is 28.2 Å². The minimum absolute atomic E-state index is 0.103. The van der Waals surface area contributed by atoms with Gasteiger partial charge in [0.1, 0.15) is 34.9 Å². The topological polar surface area (TPSA) is 118 Å². The number of carbonyl (C=O) groups excluding carboxylic acids is 1. The van der Waals surface area contributed by atoms with Crippen LogP contribution in [0.25, 0.3) is 17.2 Å². The highest BCUT2D eigenvalue weighted by atomic mass is 19.1. The smallest absolute Gasteiger partial charge is 0.257 e. The van der Waals surface area contributed by atoms with Crippen LogP contribution in [0, 0.1) is 11.6 Å². The molecule has 6 rings (SSSR count).